The third-order valence-electron chi connectivity index (χ3n) is 9.02. The average Bonchev–Trinajstić information content (AvgIpc) is 3.69. The number of aromatic amines is 1. The van der Waals surface area contributed by atoms with Gasteiger partial charge in [-0.3, -0.25) is 23.5 Å². The molecule has 3 atom stereocenters. The first-order chi connectivity index (χ1) is 20.6. The van der Waals surface area contributed by atoms with E-state index in [-0.39, 0.29) is 12.5 Å². The summed E-state index contributed by atoms with van der Waals surface area (Å²) in [5, 5.41) is 14.8. The van der Waals surface area contributed by atoms with Crippen molar-refractivity contribution in [2.75, 3.05) is 42.9 Å². The molecule has 4 aromatic rings. The van der Waals surface area contributed by atoms with Gasteiger partial charge in [-0.15, -0.1) is 0 Å². The van der Waals surface area contributed by atoms with E-state index in [1.807, 2.05) is 55.5 Å². The minimum Gasteiger partial charge on any atom is -0.360 e. The van der Waals surface area contributed by atoms with Gasteiger partial charge in [0.15, 0.2) is 11.2 Å². The van der Waals surface area contributed by atoms with E-state index in [9.17, 15) is 23.9 Å². The standard InChI is InChI=1S/C31H25N5O3.C2H6OS/c1-3-36-25-15-9-6-12-22(25)31(28(36)39)30(21-11-5-8-14-24(21)34-27(30)38)29(17-32,18-35(31)2)26(37)20-16-33-23-13-7-4-10-19(20)23;1-4(2)3/h4-16,33H,3,18H2,1-2H3,(H,34,38);1-2H3/t29-,30+,31-;/m0./s1. The molecule has 10 heteroatoms. The summed E-state index contributed by atoms with van der Waals surface area (Å²) in [6.45, 7) is 2.15. The molecule has 0 unspecified atom stereocenters. The zero-order valence-corrected chi connectivity index (χ0v) is 25.1. The first-order valence-corrected chi connectivity index (χ1v) is 15.9. The van der Waals surface area contributed by atoms with Gasteiger partial charge in [0.25, 0.3) is 5.91 Å². The third-order valence-corrected chi connectivity index (χ3v) is 9.02. The van der Waals surface area contributed by atoms with E-state index in [4.69, 9.17) is 0 Å². The summed E-state index contributed by atoms with van der Waals surface area (Å²) in [5.41, 5.74) is -2.04. The van der Waals surface area contributed by atoms with E-state index in [2.05, 4.69) is 16.4 Å². The molecule has 0 bridgehead atoms. The Morgan fingerprint density at radius 1 is 1.00 bits per heavy atom. The molecule has 3 aromatic carbocycles. The van der Waals surface area contributed by atoms with Crippen molar-refractivity contribution in [2.24, 2.45) is 5.41 Å². The van der Waals surface area contributed by atoms with E-state index >= 15 is 0 Å². The Hall–Kier alpha value is -4.59. The van der Waals surface area contributed by atoms with Crippen molar-refractivity contribution in [1.29, 1.82) is 5.26 Å². The number of amides is 2. The number of carbonyl (C=O) groups is 3. The van der Waals surface area contributed by atoms with Crippen LogP contribution in [0.1, 0.15) is 28.4 Å². The predicted octanol–water partition coefficient (Wildman–Crippen LogP) is 3.95. The highest BCUT2D eigenvalue weighted by Gasteiger charge is 2.84. The molecule has 3 aliphatic rings. The van der Waals surface area contributed by atoms with E-state index in [0.717, 1.165) is 5.52 Å². The molecule has 218 valence electrons. The fourth-order valence-corrected chi connectivity index (χ4v) is 7.61. The SMILES string of the molecule is CCN1C(=O)[C@]2(c3ccccc31)N(C)C[C@@](C#N)(C(=O)c1c[nH]c3ccccc13)[C@@]21C(=O)Nc2ccccc21.CS(C)=O. The molecular weight excluding hydrogens is 562 g/mol. The second-order valence-corrected chi connectivity index (χ2v) is 12.7. The van der Waals surface area contributed by atoms with Gasteiger partial charge >= 0.3 is 0 Å². The second kappa shape index (κ2) is 10.0. The van der Waals surface area contributed by atoms with Crippen molar-refractivity contribution >= 4 is 50.7 Å². The normalized spacial score (nSPS) is 25.5. The van der Waals surface area contributed by atoms with Crippen molar-refractivity contribution < 1.29 is 18.6 Å². The smallest absolute Gasteiger partial charge is 0.253 e. The van der Waals surface area contributed by atoms with Crippen LogP contribution < -0.4 is 10.2 Å². The van der Waals surface area contributed by atoms with Crippen LogP contribution in [0.3, 0.4) is 0 Å². The number of benzene rings is 3. The van der Waals surface area contributed by atoms with E-state index in [1.165, 1.54) is 0 Å². The quantitative estimate of drug-likeness (QED) is 0.347. The Kier molecular flexibility index (Phi) is 6.64. The Balaban J connectivity index is 0.000000777. The molecule has 0 aliphatic carbocycles. The van der Waals surface area contributed by atoms with Gasteiger partial charge in [0, 0.05) is 76.0 Å². The molecule has 0 saturated carbocycles. The maximum Gasteiger partial charge on any atom is 0.253 e. The van der Waals surface area contributed by atoms with Crippen LogP contribution in [0.15, 0.2) is 79.0 Å². The summed E-state index contributed by atoms with van der Waals surface area (Å²) in [5.74, 6) is -1.33. The molecular formula is C33H31N5O4S. The molecule has 2 N–H and O–H groups in total. The fourth-order valence-electron chi connectivity index (χ4n) is 7.61. The summed E-state index contributed by atoms with van der Waals surface area (Å²) < 4.78 is 9.56. The van der Waals surface area contributed by atoms with Gasteiger partial charge in [-0.25, -0.2) is 0 Å². The third kappa shape index (κ3) is 3.40. The van der Waals surface area contributed by atoms with Gasteiger partial charge in [-0.05, 0) is 37.7 Å². The van der Waals surface area contributed by atoms with Gasteiger partial charge in [0.1, 0.15) is 11.0 Å². The number of anilines is 2. The number of Topliss-reactive ketones (excluding diaryl/α,β-unsaturated/α-hetero) is 1. The van der Waals surface area contributed by atoms with Crippen molar-refractivity contribution in [3.63, 3.8) is 0 Å². The van der Waals surface area contributed by atoms with E-state index in [1.54, 1.807) is 59.8 Å². The lowest BCUT2D eigenvalue weighted by atomic mass is 9.51. The van der Waals surface area contributed by atoms with Crippen LogP contribution in [0, 0.1) is 16.7 Å². The highest BCUT2D eigenvalue weighted by molar-refractivity contribution is 7.83. The Morgan fingerprint density at radius 3 is 2.33 bits per heavy atom. The van der Waals surface area contributed by atoms with Crippen LogP contribution in [0.25, 0.3) is 10.9 Å². The van der Waals surface area contributed by atoms with Gasteiger partial charge in [0.05, 0.1) is 6.07 Å². The number of para-hydroxylation sites is 3. The lowest BCUT2D eigenvalue weighted by Crippen LogP contribution is -2.65. The molecule has 9 nitrogen and oxygen atoms in total. The molecule has 2 amide bonds. The number of nitrogens with one attached hydrogen (secondary N) is 2. The molecule has 7 rings (SSSR count). The highest BCUT2D eigenvalue weighted by Crippen LogP contribution is 2.69. The summed E-state index contributed by atoms with van der Waals surface area (Å²) in [4.78, 5) is 50.8. The number of nitrogens with zero attached hydrogens (tertiary/aromatic N) is 3. The number of nitriles is 1. The average molecular weight is 594 g/mol. The number of likely N-dealkylation sites (N-methyl/N-ethyl adjacent to an activating group) is 2. The van der Waals surface area contributed by atoms with Crippen molar-refractivity contribution in [2.45, 2.75) is 17.9 Å². The van der Waals surface area contributed by atoms with Crippen LogP contribution in [-0.2, 0) is 31.3 Å². The van der Waals surface area contributed by atoms with Crippen molar-refractivity contribution in [1.82, 2.24) is 9.88 Å². The maximum atomic E-state index is 14.9. The zero-order valence-electron chi connectivity index (χ0n) is 24.3. The molecule has 1 fully saturated rings. The van der Waals surface area contributed by atoms with Crippen LogP contribution in [0.5, 0.6) is 0 Å². The van der Waals surface area contributed by atoms with Gasteiger partial charge in [-0.1, -0.05) is 54.6 Å². The number of fused-ring (bicyclic) bond motifs is 6. The first kappa shape index (κ1) is 28.5. The summed E-state index contributed by atoms with van der Waals surface area (Å²) in [7, 11) is 1.13. The number of H-pyrrole nitrogens is 1. The zero-order chi connectivity index (χ0) is 30.7. The Labute approximate surface area is 251 Å². The number of carbonyl (C=O) groups excluding carboxylic acids is 3. The van der Waals surface area contributed by atoms with Crippen LogP contribution in [0.2, 0.25) is 0 Å². The largest absolute Gasteiger partial charge is 0.360 e. The Bertz CT molecular complexity index is 1890. The number of likely N-dealkylation sites (tertiary alicyclic amines) is 1. The van der Waals surface area contributed by atoms with Crippen LogP contribution >= 0.6 is 0 Å². The van der Waals surface area contributed by atoms with Crippen LogP contribution in [-0.4, -0.2) is 64.3 Å². The lowest BCUT2D eigenvalue weighted by molar-refractivity contribution is -0.139. The van der Waals surface area contributed by atoms with Crippen molar-refractivity contribution in [3.05, 3.63) is 95.7 Å². The fraction of sp³-hybridized carbons (Fsp3) is 0.273. The number of ketones is 1. The molecule has 2 spiro atoms. The molecule has 1 aromatic heterocycles. The summed E-state index contributed by atoms with van der Waals surface area (Å²) in [6.07, 6.45) is 4.88. The highest BCUT2D eigenvalue weighted by atomic mass is 32.2. The monoisotopic (exact) mass is 593 g/mol. The Morgan fingerprint density at radius 2 is 1.63 bits per heavy atom. The van der Waals surface area contributed by atoms with E-state index < -0.39 is 38.9 Å². The number of hydrogen-bond acceptors (Lipinski definition) is 6. The lowest BCUT2D eigenvalue weighted by Gasteiger charge is -2.45. The topological polar surface area (TPSA) is 126 Å². The molecule has 43 heavy (non-hydrogen) atoms. The van der Waals surface area contributed by atoms with Crippen molar-refractivity contribution in [3.8, 4) is 6.07 Å². The van der Waals surface area contributed by atoms with E-state index in [0.29, 0.717) is 40.0 Å². The second-order valence-electron chi connectivity index (χ2n) is 11.2. The number of rotatable bonds is 3. The number of hydrogen-bond donors (Lipinski definition) is 2. The minimum atomic E-state index is -1.92. The summed E-state index contributed by atoms with van der Waals surface area (Å²) in [6, 6.07) is 24.2. The molecule has 0 radical (unpaired) electrons. The molecule has 3 aliphatic heterocycles. The minimum absolute atomic E-state index is 0.110. The van der Waals surface area contributed by atoms with Gasteiger partial charge in [0.2, 0.25) is 5.91 Å². The van der Waals surface area contributed by atoms with Gasteiger partial charge < -0.3 is 15.2 Å². The molecule has 1 saturated heterocycles. The van der Waals surface area contributed by atoms with Crippen LogP contribution in [0.4, 0.5) is 11.4 Å². The van der Waals surface area contributed by atoms with Gasteiger partial charge in [-0.2, -0.15) is 5.26 Å². The molecule has 4 heterocycles. The maximum absolute atomic E-state index is 14.9. The predicted molar refractivity (Wildman–Crippen MR) is 166 cm³/mol. The number of aromatic nitrogens is 1. The first-order valence-electron chi connectivity index (χ1n) is 13.9. The summed E-state index contributed by atoms with van der Waals surface area (Å²) >= 11 is 0.